The number of anilines is 2. The fraction of sp³-hybridized carbons (Fsp3) is 0.300. The van der Waals surface area contributed by atoms with Crippen LogP contribution in [0.25, 0.3) is 0 Å². The van der Waals surface area contributed by atoms with E-state index in [9.17, 15) is 22.8 Å². The first-order chi connectivity index (χ1) is 14.3. The van der Waals surface area contributed by atoms with Crippen molar-refractivity contribution in [2.75, 3.05) is 30.1 Å². The Bertz CT molecular complexity index is 980. The highest BCUT2D eigenvalue weighted by Gasteiger charge is 2.34. The third-order valence-corrected chi connectivity index (χ3v) is 4.90. The number of nitrogens with zero attached hydrogens (tertiary/aromatic N) is 1. The molecule has 0 bridgehead atoms. The van der Waals surface area contributed by atoms with Gasteiger partial charge in [-0.15, -0.1) is 0 Å². The molecule has 1 atom stereocenters. The predicted octanol–water partition coefficient (Wildman–Crippen LogP) is 3.61. The summed E-state index contributed by atoms with van der Waals surface area (Å²) in [7, 11) is 0. The molecule has 0 aromatic heterocycles. The van der Waals surface area contributed by atoms with Crippen molar-refractivity contribution >= 4 is 23.3 Å². The van der Waals surface area contributed by atoms with Crippen molar-refractivity contribution < 1.29 is 32.2 Å². The summed E-state index contributed by atoms with van der Waals surface area (Å²) in [5.74, 6) is 0.888. The highest BCUT2D eigenvalue weighted by molar-refractivity contribution is 5.96. The van der Waals surface area contributed by atoms with E-state index in [1.54, 1.807) is 23.1 Å². The highest BCUT2D eigenvalue weighted by atomic mass is 19.4. The van der Waals surface area contributed by atoms with Crippen molar-refractivity contribution in [3.05, 3.63) is 48.0 Å². The van der Waals surface area contributed by atoms with Gasteiger partial charge in [-0.05, 0) is 24.3 Å². The summed E-state index contributed by atoms with van der Waals surface area (Å²) >= 11 is 0. The normalized spacial score (nSPS) is 17.9. The fourth-order valence-electron chi connectivity index (χ4n) is 3.46. The smallest absolute Gasteiger partial charge is 0.418 e. The minimum Gasteiger partial charge on any atom is -0.454 e. The minimum atomic E-state index is -4.58. The number of urea groups is 1. The molecule has 2 heterocycles. The Kier molecular flexibility index (Phi) is 5.15. The average molecular weight is 421 g/mol. The number of carbonyl (C=O) groups excluding carboxylic acids is 2. The Morgan fingerprint density at radius 1 is 1.13 bits per heavy atom. The summed E-state index contributed by atoms with van der Waals surface area (Å²) in [6.07, 6.45) is -4.36. The topological polar surface area (TPSA) is 79.9 Å². The van der Waals surface area contributed by atoms with E-state index >= 15 is 0 Å². The molecule has 1 saturated heterocycles. The Labute approximate surface area is 169 Å². The minimum absolute atomic E-state index is 0.108. The zero-order valence-electron chi connectivity index (χ0n) is 15.7. The van der Waals surface area contributed by atoms with Crippen molar-refractivity contribution in [2.24, 2.45) is 5.92 Å². The molecule has 4 rings (SSSR count). The number of carbonyl (C=O) groups is 2. The molecule has 2 aliphatic heterocycles. The van der Waals surface area contributed by atoms with Gasteiger partial charge in [-0.25, -0.2) is 4.79 Å². The Morgan fingerprint density at radius 3 is 2.70 bits per heavy atom. The summed E-state index contributed by atoms with van der Waals surface area (Å²) in [6, 6.07) is 9.17. The number of ether oxygens (including phenoxy) is 2. The van der Waals surface area contributed by atoms with Crippen molar-refractivity contribution in [3.8, 4) is 11.5 Å². The molecule has 1 unspecified atom stereocenters. The number of alkyl halides is 3. The van der Waals surface area contributed by atoms with Crippen LogP contribution in [0.3, 0.4) is 0 Å². The zero-order chi connectivity index (χ0) is 21.3. The third-order valence-electron chi connectivity index (χ3n) is 4.90. The van der Waals surface area contributed by atoms with Gasteiger partial charge in [0, 0.05) is 37.2 Å². The molecule has 158 valence electrons. The van der Waals surface area contributed by atoms with Gasteiger partial charge in [0.25, 0.3) is 0 Å². The molecule has 7 nitrogen and oxygen atoms in total. The van der Waals surface area contributed by atoms with Crippen molar-refractivity contribution in [1.82, 2.24) is 5.32 Å². The van der Waals surface area contributed by atoms with Gasteiger partial charge in [-0.3, -0.25) is 4.79 Å². The molecule has 30 heavy (non-hydrogen) atoms. The maximum Gasteiger partial charge on any atom is 0.418 e. The molecule has 2 N–H and O–H groups in total. The number of amides is 3. The van der Waals surface area contributed by atoms with E-state index in [-0.39, 0.29) is 37.3 Å². The predicted molar refractivity (Wildman–Crippen MR) is 101 cm³/mol. The summed E-state index contributed by atoms with van der Waals surface area (Å²) in [4.78, 5) is 26.1. The fourth-order valence-corrected chi connectivity index (χ4v) is 3.46. The van der Waals surface area contributed by atoms with Gasteiger partial charge in [-0.1, -0.05) is 12.1 Å². The summed E-state index contributed by atoms with van der Waals surface area (Å²) in [5.41, 5.74) is -0.590. The number of hydrogen-bond acceptors (Lipinski definition) is 4. The Hall–Kier alpha value is -3.43. The van der Waals surface area contributed by atoms with Crippen LogP contribution in [0.5, 0.6) is 11.5 Å². The van der Waals surface area contributed by atoms with Crippen LogP contribution < -0.4 is 25.0 Å². The second-order valence-corrected chi connectivity index (χ2v) is 6.99. The number of halogens is 3. The molecule has 2 aromatic rings. The van der Waals surface area contributed by atoms with Crippen LogP contribution in [0.15, 0.2) is 42.5 Å². The van der Waals surface area contributed by atoms with E-state index in [0.717, 1.165) is 6.07 Å². The summed E-state index contributed by atoms with van der Waals surface area (Å²) in [5, 5.41) is 4.77. The van der Waals surface area contributed by atoms with E-state index < -0.39 is 17.8 Å². The maximum atomic E-state index is 13.0. The Morgan fingerprint density at radius 2 is 1.90 bits per heavy atom. The van der Waals surface area contributed by atoms with Crippen molar-refractivity contribution in [1.29, 1.82) is 0 Å². The summed E-state index contributed by atoms with van der Waals surface area (Å²) in [6.45, 7) is 0.649. The summed E-state index contributed by atoms with van der Waals surface area (Å²) < 4.78 is 49.7. The number of hydrogen-bond donors (Lipinski definition) is 2. The molecular formula is C20H18F3N3O4. The van der Waals surface area contributed by atoms with Crippen LogP contribution in [0.2, 0.25) is 0 Å². The molecule has 2 aliphatic rings. The lowest BCUT2D eigenvalue weighted by atomic mass is 10.1. The molecule has 0 aliphatic carbocycles. The van der Waals surface area contributed by atoms with Gasteiger partial charge in [0.15, 0.2) is 11.5 Å². The zero-order valence-corrected chi connectivity index (χ0v) is 15.7. The van der Waals surface area contributed by atoms with Gasteiger partial charge < -0.3 is 25.0 Å². The molecule has 0 radical (unpaired) electrons. The first-order valence-electron chi connectivity index (χ1n) is 9.22. The van der Waals surface area contributed by atoms with Crippen LogP contribution in [0, 0.1) is 5.92 Å². The van der Waals surface area contributed by atoms with Gasteiger partial charge >= 0.3 is 12.2 Å². The second kappa shape index (κ2) is 7.77. The number of benzene rings is 2. The SMILES string of the molecule is O=C(NCC1CC(=O)N(c2ccc3c(c2)OCO3)C1)Nc1ccccc1C(F)(F)F. The first-order valence-corrected chi connectivity index (χ1v) is 9.22. The quantitative estimate of drug-likeness (QED) is 0.791. The second-order valence-electron chi connectivity index (χ2n) is 6.99. The highest BCUT2D eigenvalue weighted by Crippen LogP contribution is 2.37. The van der Waals surface area contributed by atoms with E-state index in [2.05, 4.69) is 10.6 Å². The molecule has 0 saturated carbocycles. The van der Waals surface area contributed by atoms with Crippen LogP contribution >= 0.6 is 0 Å². The van der Waals surface area contributed by atoms with Gasteiger partial charge in [-0.2, -0.15) is 13.2 Å². The maximum absolute atomic E-state index is 13.0. The number of nitrogens with one attached hydrogen (secondary N) is 2. The van der Waals surface area contributed by atoms with E-state index in [4.69, 9.17) is 9.47 Å². The van der Waals surface area contributed by atoms with Crippen molar-refractivity contribution in [3.63, 3.8) is 0 Å². The van der Waals surface area contributed by atoms with E-state index in [1.807, 2.05) is 0 Å². The van der Waals surface area contributed by atoms with Gasteiger partial charge in [0.2, 0.25) is 12.7 Å². The molecule has 0 spiro atoms. The van der Waals surface area contributed by atoms with Gasteiger partial charge in [0.05, 0.1) is 11.3 Å². The first kappa shape index (κ1) is 19.9. The van der Waals surface area contributed by atoms with E-state index in [1.165, 1.54) is 18.2 Å². The Balaban J connectivity index is 1.34. The lowest BCUT2D eigenvalue weighted by Gasteiger charge is -2.18. The van der Waals surface area contributed by atoms with Gasteiger partial charge in [0.1, 0.15) is 0 Å². The lowest BCUT2D eigenvalue weighted by molar-refractivity contribution is -0.136. The molecule has 3 amide bonds. The monoisotopic (exact) mass is 421 g/mol. The average Bonchev–Trinajstić information content (AvgIpc) is 3.31. The molecule has 2 aromatic carbocycles. The third kappa shape index (κ3) is 4.12. The standard InChI is InChI=1S/C20H18F3N3O4/c21-20(22,23)14-3-1-2-4-15(14)25-19(28)24-9-12-7-18(27)26(10-12)13-5-6-16-17(8-13)30-11-29-16/h1-6,8,12H,7,9-11H2,(H2,24,25,28). The molecule has 1 fully saturated rings. The van der Waals surface area contributed by atoms with Crippen LogP contribution in [-0.2, 0) is 11.0 Å². The van der Waals surface area contributed by atoms with Crippen molar-refractivity contribution in [2.45, 2.75) is 12.6 Å². The largest absolute Gasteiger partial charge is 0.454 e. The van der Waals surface area contributed by atoms with E-state index in [0.29, 0.717) is 23.7 Å². The number of rotatable bonds is 4. The lowest BCUT2D eigenvalue weighted by Crippen LogP contribution is -2.34. The number of para-hydroxylation sites is 1. The molecular weight excluding hydrogens is 403 g/mol. The molecule has 10 heteroatoms. The van der Waals surface area contributed by atoms with Crippen LogP contribution in [-0.4, -0.2) is 31.8 Å². The van der Waals surface area contributed by atoms with Crippen LogP contribution in [0.1, 0.15) is 12.0 Å². The van der Waals surface area contributed by atoms with Crippen LogP contribution in [0.4, 0.5) is 29.3 Å². The number of fused-ring (bicyclic) bond motifs is 1.